The lowest BCUT2D eigenvalue weighted by Crippen LogP contribution is -2.44. The molecule has 1 atom stereocenters. The summed E-state index contributed by atoms with van der Waals surface area (Å²) < 4.78 is 52.5. The van der Waals surface area contributed by atoms with E-state index in [1.165, 1.54) is 0 Å². The van der Waals surface area contributed by atoms with Gasteiger partial charge in [-0.3, -0.25) is 14.5 Å². The predicted octanol–water partition coefficient (Wildman–Crippen LogP) is 3.64. The zero-order valence-electron chi connectivity index (χ0n) is 15.7. The highest BCUT2D eigenvalue weighted by Gasteiger charge is 2.51. The highest BCUT2D eigenvalue weighted by atomic mass is 19.4. The summed E-state index contributed by atoms with van der Waals surface area (Å²) >= 11 is 0. The van der Waals surface area contributed by atoms with E-state index in [-0.39, 0.29) is 12.5 Å². The number of nitrogens with zero attached hydrogens (tertiary/aromatic N) is 1. The first-order chi connectivity index (χ1) is 14.1. The Kier molecular flexibility index (Phi) is 5.51. The number of hydrogen-bond acceptors (Lipinski definition) is 3. The van der Waals surface area contributed by atoms with E-state index in [1.807, 2.05) is 5.32 Å². The second kappa shape index (κ2) is 7.77. The number of urea groups is 1. The van der Waals surface area contributed by atoms with Gasteiger partial charge >= 0.3 is 12.2 Å². The normalized spacial score (nSPS) is 19.0. The number of amides is 4. The van der Waals surface area contributed by atoms with Crippen LogP contribution in [0.15, 0.2) is 48.5 Å². The van der Waals surface area contributed by atoms with Gasteiger partial charge in [0.25, 0.3) is 5.91 Å². The Labute approximate surface area is 168 Å². The summed E-state index contributed by atoms with van der Waals surface area (Å²) in [5, 5.41) is 4.57. The van der Waals surface area contributed by atoms with Gasteiger partial charge in [-0.25, -0.2) is 9.18 Å². The molecule has 0 aliphatic carbocycles. The third kappa shape index (κ3) is 3.85. The summed E-state index contributed by atoms with van der Waals surface area (Å²) in [6.45, 7) is 0.886. The standard InChI is InChI=1S/C20H17F4N3O3/c1-2-19(12-6-4-3-5-7-12)17(29)27(18(30)26-19)11-16(28)25-15-9-8-13(21)10-14(15)20(22,23)24/h3-10H,2,11H2,1H3,(H,25,28)(H,26,30). The Hall–Kier alpha value is -3.43. The number of halogens is 4. The third-order valence-corrected chi connectivity index (χ3v) is 4.84. The lowest BCUT2D eigenvalue weighted by atomic mass is 9.87. The van der Waals surface area contributed by atoms with Crippen LogP contribution in [-0.4, -0.2) is 29.3 Å². The topological polar surface area (TPSA) is 78.5 Å². The molecule has 1 heterocycles. The smallest absolute Gasteiger partial charge is 0.324 e. The molecule has 1 aliphatic rings. The van der Waals surface area contributed by atoms with Crippen LogP contribution in [0.25, 0.3) is 0 Å². The van der Waals surface area contributed by atoms with E-state index < -0.39 is 53.2 Å². The van der Waals surface area contributed by atoms with E-state index in [0.717, 1.165) is 12.1 Å². The molecule has 1 saturated heterocycles. The Balaban J connectivity index is 1.82. The minimum Gasteiger partial charge on any atom is -0.324 e. The van der Waals surface area contributed by atoms with Crippen molar-refractivity contribution >= 4 is 23.5 Å². The van der Waals surface area contributed by atoms with Gasteiger partial charge in [0.1, 0.15) is 17.9 Å². The third-order valence-electron chi connectivity index (χ3n) is 4.84. The monoisotopic (exact) mass is 423 g/mol. The van der Waals surface area contributed by atoms with Crippen molar-refractivity contribution in [1.29, 1.82) is 0 Å². The average molecular weight is 423 g/mol. The van der Waals surface area contributed by atoms with Crippen molar-refractivity contribution in [1.82, 2.24) is 10.2 Å². The number of hydrogen-bond donors (Lipinski definition) is 2. The van der Waals surface area contributed by atoms with Crippen LogP contribution in [0, 0.1) is 5.82 Å². The number of benzene rings is 2. The first-order valence-corrected chi connectivity index (χ1v) is 8.94. The second-order valence-electron chi connectivity index (χ2n) is 6.68. The second-order valence-corrected chi connectivity index (χ2v) is 6.68. The minimum absolute atomic E-state index is 0.204. The van der Waals surface area contributed by atoms with Crippen molar-refractivity contribution < 1.29 is 31.9 Å². The van der Waals surface area contributed by atoms with Crippen LogP contribution in [0.1, 0.15) is 24.5 Å². The number of imide groups is 1. The first kappa shape index (κ1) is 21.3. The van der Waals surface area contributed by atoms with Crippen LogP contribution in [0.5, 0.6) is 0 Å². The molecule has 158 valence electrons. The molecule has 0 radical (unpaired) electrons. The molecule has 6 nitrogen and oxygen atoms in total. The summed E-state index contributed by atoms with van der Waals surface area (Å²) in [7, 11) is 0. The van der Waals surface area contributed by atoms with Crippen molar-refractivity contribution in [3.63, 3.8) is 0 Å². The maximum atomic E-state index is 13.2. The molecule has 1 fully saturated rings. The first-order valence-electron chi connectivity index (χ1n) is 8.94. The number of alkyl halides is 3. The number of nitrogens with one attached hydrogen (secondary N) is 2. The fourth-order valence-electron chi connectivity index (χ4n) is 3.33. The van der Waals surface area contributed by atoms with Crippen molar-refractivity contribution in [2.24, 2.45) is 0 Å². The maximum Gasteiger partial charge on any atom is 0.418 e. The van der Waals surface area contributed by atoms with Crippen molar-refractivity contribution in [2.45, 2.75) is 25.1 Å². The zero-order chi connectivity index (χ0) is 22.1. The summed E-state index contributed by atoms with van der Waals surface area (Å²) in [5.74, 6) is -2.84. The lowest BCUT2D eigenvalue weighted by molar-refractivity contribution is -0.137. The molecular formula is C20H17F4N3O3. The van der Waals surface area contributed by atoms with Crippen LogP contribution in [0.2, 0.25) is 0 Å². The van der Waals surface area contributed by atoms with E-state index in [1.54, 1.807) is 37.3 Å². The van der Waals surface area contributed by atoms with Crippen molar-refractivity contribution in [3.8, 4) is 0 Å². The van der Waals surface area contributed by atoms with Crippen molar-refractivity contribution in [2.75, 3.05) is 11.9 Å². The highest BCUT2D eigenvalue weighted by molar-refractivity contribution is 6.10. The lowest BCUT2D eigenvalue weighted by Gasteiger charge is -2.25. The molecule has 30 heavy (non-hydrogen) atoms. The Morgan fingerprint density at radius 2 is 1.80 bits per heavy atom. The van der Waals surface area contributed by atoms with Gasteiger partial charge < -0.3 is 10.6 Å². The molecule has 0 aromatic heterocycles. The van der Waals surface area contributed by atoms with E-state index in [9.17, 15) is 31.9 Å². The van der Waals surface area contributed by atoms with Gasteiger partial charge in [0, 0.05) is 0 Å². The molecule has 2 aromatic carbocycles. The Bertz CT molecular complexity index is 995. The Morgan fingerprint density at radius 3 is 2.40 bits per heavy atom. The summed E-state index contributed by atoms with van der Waals surface area (Å²) in [6, 6.07) is 9.36. The predicted molar refractivity (Wildman–Crippen MR) is 98.7 cm³/mol. The van der Waals surface area contributed by atoms with Gasteiger partial charge in [0.2, 0.25) is 5.91 Å². The van der Waals surface area contributed by atoms with Crippen LogP contribution < -0.4 is 10.6 Å². The van der Waals surface area contributed by atoms with Crippen LogP contribution in [-0.2, 0) is 21.3 Å². The van der Waals surface area contributed by atoms with E-state index >= 15 is 0 Å². The van der Waals surface area contributed by atoms with Gasteiger partial charge in [-0.15, -0.1) is 0 Å². The molecule has 0 spiro atoms. The minimum atomic E-state index is -4.91. The molecule has 1 aliphatic heterocycles. The van der Waals surface area contributed by atoms with Gasteiger partial charge in [-0.05, 0) is 30.2 Å². The van der Waals surface area contributed by atoms with Gasteiger partial charge in [0.15, 0.2) is 0 Å². The molecule has 2 N–H and O–H groups in total. The quantitative estimate of drug-likeness (QED) is 0.569. The number of rotatable bonds is 5. The van der Waals surface area contributed by atoms with E-state index in [2.05, 4.69) is 5.32 Å². The number of carbonyl (C=O) groups excluding carboxylic acids is 3. The van der Waals surface area contributed by atoms with Gasteiger partial charge in [-0.1, -0.05) is 37.3 Å². The van der Waals surface area contributed by atoms with E-state index in [0.29, 0.717) is 10.5 Å². The molecule has 0 bridgehead atoms. The maximum absolute atomic E-state index is 13.2. The van der Waals surface area contributed by atoms with E-state index in [4.69, 9.17) is 0 Å². The van der Waals surface area contributed by atoms with Crippen LogP contribution in [0.3, 0.4) is 0 Å². The molecule has 4 amide bonds. The average Bonchev–Trinajstić information content (AvgIpc) is 2.94. The Morgan fingerprint density at radius 1 is 1.13 bits per heavy atom. The van der Waals surface area contributed by atoms with Gasteiger partial charge in [-0.2, -0.15) is 13.2 Å². The number of anilines is 1. The molecule has 10 heteroatoms. The molecule has 0 saturated carbocycles. The molecular weight excluding hydrogens is 406 g/mol. The fourth-order valence-corrected chi connectivity index (χ4v) is 3.33. The zero-order valence-corrected chi connectivity index (χ0v) is 15.7. The van der Waals surface area contributed by atoms with Crippen LogP contribution in [0.4, 0.5) is 28.0 Å². The summed E-state index contributed by atoms with van der Waals surface area (Å²) in [6.07, 6.45) is -4.70. The van der Waals surface area contributed by atoms with Crippen molar-refractivity contribution in [3.05, 3.63) is 65.5 Å². The molecule has 1 unspecified atom stereocenters. The molecule has 3 rings (SSSR count). The molecule has 2 aromatic rings. The number of carbonyl (C=O) groups is 3. The fraction of sp³-hybridized carbons (Fsp3) is 0.250. The highest BCUT2D eigenvalue weighted by Crippen LogP contribution is 2.36. The summed E-state index contributed by atoms with van der Waals surface area (Å²) in [4.78, 5) is 38.3. The van der Waals surface area contributed by atoms with Gasteiger partial charge in [0.05, 0.1) is 11.3 Å². The SMILES string of the molecule is CCC1(c2ccccc2)NC(=O)N(CC(=O)Nc2ccc(F)cc2C(F)(F)F)C1=O. The largest absolute Gasteiger partial charge is 0.418 e. The summed E-state index contributed by atoms with van der Waals surface area (Å²) in [5.41, 5.74) is -2.90. The van der Waals surface area contributed by atoms with Crippen LogP contribution >= 0.6 is 0 Å².